The van der Waals surface area contributed by atoms with Crippen molar-refractivity contribution in [3.8, 4) is 0 Å². The lowest BCUT2D eigenvalue weighted by atomic mass is 9.92. The number of nitrogens with zero attached hydrogens (tertiary/aromatic N) is 1. The molecule has 1 aliphatic heterocycles. The van der Waals surface area contributed by atoms with Gasteiger partial charge in [-0.1, -0.05) is 0 Å². The van der Waals surface area contributed by atoms with Gasteiger partial charge in [0.15, 0.2) is 0 Å². The highest BCUT2D eigenvalue weighted by Gasteiger charge is 2.28. The van der Waals surface area contributed by atoms with Crippen LogP contribution in [0.1, 0.15) is 42.7 Å². The third-order valence-electron chi connectivity index (χ3n) is 4.08. The first-order valence-corrected chi connectivity index (χ1v) is 7.76. The van der Waals surface area contributed by atoms with Gasteiger partial charge in [-0.2, -0.15) is 0 Å². The average molecular weight is 250 g/mol. The van der Waals surface area contributed by atoms with Gasteiger partial charge in [-0.05, 0) is 56.2 Å². The van der Waals surface area contributed by atoms with Crippen LogP contribution in [0, 0.1) is 0 Å². The molecule has 0 bridgehead atoms. The number of aryl methyl sites for hydroxylation is 1. The van der Waals surface area contributed by atoms with Crippen molar-refractivity contribution in [3.05, 3.63) is 21.9 Å². The Morgan fingerprint density at radius 3 is 3.29 bits per heavy atom. The molecule has 1 aromatic heterocycles. The SMILES string of the molecule is CC1CN(C2CCCc3sccc32)CCCN1. The molecule has 2 nitrogen and oxygen atoms in total. The molecular weight excluding hydrogens is 228 g/mol. The number of nitrogens with one attached hydrogen (secondary N) is 1. The van der Waals surface area contributed by atoms with Crippen LogP contribution in [0.4, 0.5) is 0 Å². The molecule has 1 aromatic rings. The van der Waals surface area contributed by atoms with E-state index in [1.807, 2.05) is 11.3 Å². The van der Waals surface area contributed by atoms with E-state index in [9.17, 15) is 0 Å². The maximum Gasteiger partial charge on any atom is 0.0359 e. The van der Waals surface area contributed by atoms with E-state index in [0.717, 1.165) is 0 Å². The predicted octanol–water partition coefficient (Wildman–Crippen LogP) is 2.81. The Morgan fingerprint density at radius 2 is 2.35 bits per heavy atom. The molecule has 3 heteroatoms. The second-order valence-corrected chi connectivity index (χ2v) is 6.41. The first-order valence-electron chi connectivity index (χ1n) is 6.88. The van der Waals surface area contributed by atoms with Gasteiger partial charge in [0.05, 0.1) is 0 Å². The second-order valence-electron chi connectivity index (χ2n) is 5.41. The van der Waals surface area contributed by atoms with Gasteiger partial charge in [0.25, 0.3) is 0 Å². The summed E-state index contributed by atoms with van der Waals surface area (Å²) in [5, 5.41) is 5.87. The maximum atomic E-state index is 3.59. The van der Waals surface area contributed by atoms with Gasteiger partial charge in [0, 0.05) is 30.1 Å². The Hall–Kier alpha value is -0.380. The number of fused-ring (bicyclic) bond motifs is 1. The first-order chi connectivity index (χ1) is 8.34. The fourth-order valence-electron chi connectivity index (χ4n) is 3.26. The van der Waals surface area contributed by atoms with Gasteiger partial charge in [0.2, 0.25) is 0 Å². The fraction of sp³-hybridized carbons (Fsp3) is 0.714. The zero-order valence-electron chi connectivity index (χ0n) is 10.6. The van der Waals surface area contributed by atoms with Crippen LogP contribution in [0.2, 0.25) is 0 Å². The van der Waals surface area contributed by atoms with Gasteiger partial charge in [-0.15, -0.1) is 11.3 Å². The molecule has 0 aromatic carbocycles. The van der Waals surface area contributed by atoms with E-state index in [2.05, 4.69) is 28.6 Å². The van der Waals surface area contributed by atoms with E-state index in [1.54, 1.807) is 10.4 Å². The molecule has 1 N–H and O–H groups in total. The molecule has 0 radical (unpaired) electrons. The number of rotatable bonds is 1. The second kappa shape index (κ2) is 5.09. The highest BCUT2D eigenvalue weighted by molar-refractivity contribution is 7.10. The minimum Gasteiger partial charge on any atom is -0.313 e. The van der Waals surface area contributed by atoms with Crippen molar-refractivity contribution in [2.45, 2.75) is 44.7 Å². The van der Waals surface area contributed by atoms with Crippen molar-refractivity contribution in [1.29, 1.82) is 0 Å². The summed E-state index contributed by atoms with van der Waals surface area (Å²) in [4.78, 5) is 4.36. The molecule has 1 fully saturated rings. The topological polar surface area (TPSA) is 15.3 Å². The Balaban J connectivity index is 1.80. The minimum atomic E-state index is 0.640. The quantitative estimate of drug-likeness (QED) is 0.824. The van der Waals surface area contributed by atoms with E-state index < -0.39 is 0 Å². The van der Waals surface area contributed by atoms with Crippen molar-refractivity contribution in [1.82, 2.24) is 10.2 Å². The molecule has 2 aliphatic rings. The van der Waals surface area contributed by atoms with Gasteiger partial charge in [0.1, 0.15) is 0 Å². The molecule has 2 atom stereocenters. The van der Waals surface area contributed by atoms with Crippen molar-refractivity contribution in [2.24, 2.45) is 0 Å². The number of hydrogen-bond donors (Lipinski definition) is 1. The summed E-state index contributed by atoms with van der Waals surface area (Å²) in [5.41, 5.74) is 1.63. The Labute approximate surface area is 108 Å². The van der Waals surface area contributed by atoms with Crippen molar-refractivity contribution in [2.75, 3.05) is 19.6 Å². The van der Waals surface area contributed by atoms with Crippen molar-refractivity contribution in [3.63, 3.8) is 0 Å². The number of thiophene rings is 1. The van der Waals surface area contributed by atoms with Gasteiger partial charge < -0.3 is 5.32 Å². The third-order valence-corrected chi connectivity index (χ3v) is 5.08. The molecule has 1 saturated heterocycles. The molecule has 0 saturated carbocycles. The van der Waals surface area contributed by atoms with Crippen LogP contribution in [-0.2, 0) is 6.42 Å². The molecule has 0 amide bonds. The molecule has 94 valence electrons. The Morgan fingerprint density at radius 1 is 1.41 bits per heavy atom. The summed E-state index contributed by atoms with van der Waals surface area (Å²) in [6.45, 7) is 5.97. The molecule has 0 spiro atoms. The Bertz CT molecular complexity index is 374. The summed E-state index contributed by atoms with van der Waals surface area (Å²) in [5.74, 6) is 0. The van der Waals surface area contributed by atoms with Crippen LogP contribution >= 0.6 is 11.3 Å². The summed E-state index contributed by atoms with van der Waals surface area (Å²) in [6, 6.07) is 3.71. The molecule has 2 heterocycles. The van der Waals surface area contributed by atoms with Gasteiger partial charge >= 0.3 is 0 Å². The van der Waals surface area contributed by atoms with Crippen LogP contribution in [0.15, 0.2) is 11.4 Å². The van der Waals surface area contributed by atoms with Gasteiger partial charge in [-0.25, -0.2) is 0 Å². The standard InChI is InChI=1S/C14H22N2S/c1-11-10-16(8-3-7-15-11)13-4-2-5-14-12(13)6-9-17-14/h6,9,11,13,15H,2-5,7-8,10H2,1H3. The van der Waals surface area contributed by atoms with Crippen molar-refractivity contribution >= 4 is 11.3 Å². The molecular formula is C14H22N2S. The summed E-state index contributed by atoms with van der Waals surface area (Å²) < 4.78 is 0. The smallest absolute Gasteiger partial charge is 0.0359 e. The van der Waals surface area contributed by atoms with E-state index in [4.69, 9.17) is 0 Å². The highest BCUT2D eigenvalue weighted by Crippen LogP contribution is 2.37. The van der Waals surface area contributed by atoms with Crippen molar-refractivity contribution < 1.29 is 0 Å². The highest BCUT2D eigenvalue weighted by atomic mass is 32.1. The molecule has 1 aliphatic carbocycles. The fourth-order valence-corrected chi connectivity index (χ4v) is 4.24. The molecule has 3 rings (SSSR count). The third kappa shape index (κ3) is 2.42. The zero-order valence-corrected chi connectivity index (χ0v) is 11.4. The van der Waals surface area contributed by atoms with E-state index in [0.29, 0.717) is 12.1 Å². The lowest BCUT2D eigenvalue weighted by molar-refractivity contribution is 0.179. The average Bonchev–Trinajstić information content (AvgIpc) is 2.71. The summed E-state index contributed by atoms with van der Waals surface area (Å²) in [6.07, 6.45) is 5.33. The first kappa shape index (κ1) is 11.7. The van der Waals surface area contributed by atoms with Crippen LogP contribution in [-0.4, -0.2) is 30.6 Å². The summed E-state index contributed by atoms with van der Waals surface area (Å²) >= 11 is 1.96. The maximum absolute atomic E-state index is 3.59. The molecule has 17 heavy (non-hydrogen) atoms. The van der Waals surface area contributed by atoms with Gasteiger partial charge in [-0.3, -0.25) is 4.90 Å². The summed E-state index contributed by atoms with van der Waals surface area (Å²) in [7, 11) is 0. The van der Waals surface area contributed by atoms with Crippen LogP contribution in [0.25, 0.3) is 0 Å². The van der Waals surface area contributed by atoms with Crippen LogP contribution in [0.5, 0.6) is 0 Å². The normalized spacial score (nSPS) is 30.9. The van der Waals surface area contributed by atoms with Crippen LogP contribution in [0.3, 0.4) is 0 Å². The lowest BCUT2D eigenvalue weighted by Gasteiger charge is -2.34. The minimum absolute atomic E-state index is 0.640. The van der Waals surface area contributed by atoms with E-state index in [1.165, 1.54) is 45.3 Å². The van der Waals surface area contributed by atoms with E-state index >= 15 is 0 Å². The predicted molar refractivity (Wildman–Crippen MR) is 73.7 cm³/mol. The number of hydrogen-bond acceptors (Lipinski definition) is 3. The Kier molecular flexibility index (Phi) is 3.50. The van der Waals surface area contributed by atoms with Crippen LogP contribution < -0.4 is 5.32 Å². The molecule has 2 unspecified atom stereocenters. The zero-order chi connectivity index (χ0) is 11.7. The largest absolute Gasteiger partial charge is 0.313 e. The van der Waals surface area contributed by atoms with E-state index in [-0.39, 0.29) is 0 Å². The lowest BCUT2D eigenvalue weighted by Crippen LogP contribution is -2.38. The monoisotopic (exact) mass is 250 g/mol.